The molecule has 4 rings (SSSR count). The lowest BCUT2D eigenvalue weighted by atomic mass is 9.98. The summed E-state index contributed by atoms with van der Waals surface area (Å²) in [6.07, 6.45) is 0. The van der Waals surface area contributed by atoms with Crippen LogP contribution in [0.1, 0.15) is 21.5 Å². The van der Waals surface area contributed by atoms with Gasteiger partial charge in [0.05, 0.1) is 16.8 Å². The van der Waals surface area contributed by atoms with E-state index in [0.29, 0.717) is 38.4 Å². The molecule has 1 aromatic heterocycles. The highest BCUT2D eigenvalue weighted by Crippen LogP contribution is 2.31. The maximum Gasteiger partial charge on any atom is 0.339 e. The summed E-state index contributed by atoms with van der Waals surface area (Å²) in [6, 6.07) is 20.4. The van der Waals surface area contributed by atoms with Crippen LogP contribution < -0.4 is 5.32 Å². The van der Waals surface area contributed by atoms with E-state index in [1.807, 2.05) is 68.4 Å². The van der Waals surface area contributed by atoms with Crippen molar-refractivity contribution in [2.24, 2.45) is 0 Å². The van der Waals surface area contributed by atoms with E-state index in [-0.39, 0.29) is 0 Å². The van der Waals surface area contributed by atoms with Crippen molar-refractivity contribution in [1.82, 2.24) is 4.98 Å². The molecule has 0 unspecified atom stereocenters. The molecular weight excluding hydrogens is 551 g/mol. The third-order valence-electron chi connectivity index (χ3n) is 5.23. The quantitative estimate of drug-likeness (QED) is 0.218. The van der Waals surface area contributed by atoms with Gasteiger partial charge in [0.15, 0.2) is 6.61 Å². The molecule has 166 valence electrons. The summed E-state index contributed by atoms with van der Waals surface area (Å²) in [7, 11) is 0. The molecule has 0 radical (unpaired) electrons. The van der Waals surface area contributed by atoms with Gasteiger partial charge in [-0.3, -0.25) is 4.79 Å². The summed E-state index contributed by atoms with van der Waals surface area (Å²) in [6.45, 7) is 3.34. The summed E-state index contributed by atoms with van der Waals surface area (Å²) in [4.78, 5) is 30.3. The number of hydrogen-bond acceptors (Lipinski definition) is 4. The van der Waals surface area contributed by atoms with Gasteiger partial charge in [-0.15, -0.1) is 0 Å². The predicted molar refractivity (Wildman–Crippen MR) is 140 cm³/mol. The van der Waals surface area contributed by atoms with E-state index in [9.17, 15) is 9.59 Å². The highest BCUT2D eigenvalue weighted by Gasteiger charge is 2.21. The number of benzene rings is 3. The number of fused-ring (bicyclic) bond motifs is 1. The second kappa shape index (κ2) is 9.89. The SMILES string of the molecule is Cc1cc(I)ccc1NC(=O)COC(=O)c1c(C)c(-c2cccc(Cl)c2)nc2ccccc12. The Bertz CT molecular complexity index is 1390. The molecule has 33 heavy (non-hydrogen) atoms. The number of hydrogen-bond donors (Lipinski definition) is 1. The minimum atomic E-state index is -0.580. The molecule has 0 aliphatic carbocycles. The summed E-state index contributed by atoms with van der Waals surface area (Å²) >= 11 is 8.39. The number of para-hydroxylation sites is 1. The molecule has 0 saturated heterocycles. The van der Waals surface area contributed by atoms with Crippen LogP contribution in [0.5, 0.6) is 0 Å². The Kier molecular flexibility index (Phi) is 6.95. The molecule has 0 fully saturated rings. The molecule has 0 aliphatic heterocycles. The summed E-state index contributed by atoms with van der Waals surface area (Å²) in [5, 5.41) is 4.04. The number of carbonyl (C=O) groups is 2. The van der Waals surface area contributed by atoms with E-state index in [2.05, 4.69) is 27.9 Å². The minimum Gasteiger partial charge on any atom is -0.452 e. The lowest BCUT2D eigenvalue weighted by Crippen LogP contribution is -2.22. The Morgan fingerprint density at radius 1 is 1.03 bits per heavy atom. The monoisotopic (exact) mass is 570 g/mol. The van der Waals surface area contributed by atoms with Crippen LogP contribution in [-0.2, 0) is 9.53 Å². The molecular formula is C26H20ClIN2O3. The standard InChI is InChI=1S/C26H20ClIN2O3/c1-15-12-19(28)10-11-21(15)29-23(31)14-33-26(32)24-16(2)25(17-6-5-7-18(27)13-17)30-22-9-4-3-8-20(22)24/h3-13H,14H2,1-2H3,(H,29,31). The Labute approximate surface area is 210 Å². The molecule has 1 heterocycles. The van der Waals surface area contributed by atoms with Gasteiger partial charge in [-0.05, 0) is 84.0 Å². The van der Waals surface area contributed by atoms with Gasteiger partial charge < -0.3 is 10.1 Å². The van der Waals surface area contributed by atoms with E-state index >= 15 is 0 Å². The normalized spacial score (nSPS) is 10.8. The zero-order valence-electron chi connectivity index (χ0n) is 18.0. The highest BCUT2D eigenvalue weighted by atomic mass is 127. The van der Waals surface area contributed by atoms with Crippen molar-refractivity contribution in [1.29, 1.82) is 0 Å². The fourth-order valence-corrected chi connectivity index (χ4v) is 4.48. The second-order valence-corrected chi connectivity index (χ2v) is 9.25. The molecule has 3 aromatic carbocycles. The number of carbonyl (C=O) groups excluding carboxylic acids is 2. The first kappa shape index (κ1) is 23.2. The van der Waals surface area contributed by atoms with Crippen LogP contribution in [0.25, 0.3) is 22.2 Å². The smallest absolute Gasteiger partial charge is 0.339 e. The molecule has 7 heteroatoms. The number of esters is 1. The number of amides is 1. The summed E-state index contributed by atoms with van der Waals surface area (Å²) in [5.74, 6) is -0.984. The Morgan fingerprint density at radius 2 is 1.82 bits per heavy atom. The van der Waals surface area contributed by atoms with Crippen molar-refractivity contribution in [2.75, 3.05) is 11.9 Å². The van der Waals surface area contributed by atoms with Gasteiger partial charge in [0, 0.05) is 25.2 Å². The van der Waals surface area contributed by atoms with Crippen molar-refractivity contribution >= 4 is 62.7 Å². The van der Waals surface area contributed by atoms with Crippen LogP contribution in [0, 0.1) is 17.4 Å². The van der Waals surface area contributed by atoms with E-state index in [1.165, 1.54) is 0 Å². The lowest BCUT2D eigenvalue weighted by Gasteiger charge is -2.15. The molecule has 1 N–H and O–H groups in total. The Hall–Kier alpha value is -2.97. The van der Waals surface area contributed by atoms with Crippen molar-refractivity contribution in [3.05, 3.63) is 92.0 Å². The van der Waals surface area contributed by atoms with Gasteiger partial charge in [0.1, 0.15) is 0 Å². The Balaban J connectivity index is 1.62. The molecule has 1 amide bonds. The first-order valence-corrected chi connectivity index (χ1v) is 11.7. The van der Waals surface area contributed by atoms with Gasteiger partial charge in [-0.25, -0.2) is 9.78 Å². The van der Waals surface area contributed by atoms with Crippen LogP contribution in [-0.4, -0.2) is 23.5 Å². The van der Waals surface area contributed by atoms with Gasteiger partial charge in [0.25, 0.3) is 5.91 Å². The zero-order chi connectivity index (χ0) is 23.5. The minimum absolute atomic E-state index is 0.383. The fraction of sp³-hybridized carbons (Fsp3) is 0.115. The van der Waals surface area contributed by atoms with E-state index in [1.54, 1.807) is 12.1 Å². The number of anilines is 1. The van der Waals surface area contributed by atoms with Gasteiger partial charge in [-0.2, -0.15) is 0 Å². The van der Waals surface area contributed by atoms with Crippen LogP contribution in [0.4, 0.5) is 5.69 Å². The number of aryl methyl sites for hydroxylation is 1. The number of pyridine rings is 1. The summed E-state index contributed by atoms with van der Waals surface area (Å²) < 4.78 is 6.50. The molecule has 0 atom stereocenters. The third kappa shape index (κ3) is 5.17. The fourth-order valence-electron chi connectivity index (χ4n) is 3.64. The van der Waals surface area contributed by atoms with Crippen molar-refractivity contribution in [2.45, 2.75) is 13.8 Å². The maximum absolute atomic E-state index is 13.1. The number of halogens is 2. The first-order chi connectivity index (χ1) is 15.8. The maximum atomic E-state index is 13.1. The molecule has 0 aliphatic rings. The average Bonchev–Trinajstić information content (AvgIpc) is 2.79. The van der Waals surface area contributed by atoms with Crippen molar-refractivity contribution in [3.63, 3.8) is 0 Å². The molecule has 5 nitrogen and oxygen atoms in total. The van der Waals surface area contributed by atoms with E-state index in [4.69, 9.17) is 21.3 Å². The number of ether oxygens (including phenoxy) is 1. The summed E-state index contributed by atoms with van der Waals surface area (Å²) in [5.41, 5.74) is 4.76. The molecule has 0 spiro atoms. The number of aromatic nitrogens is 1. The van der Waals surface area contributed by atoms with E-state index in [0.717, 1.165) is 14.7 Å². The van der Waals surface area contributed by atoms with E-state index < -0.39 is 18.5 Å². The van der Waals surface area contributed by atoms with Crippen LogP contribution in [0.3, 0.4) is 0 Å². The Morgan fingerprint density at radius 3 is 2.58 bits per heavy atom. The van der Waals surface area contributed by atoms with Crippen molar-refractivity contribution < 1.29 is 14.3 Å². The topological polar surface area (TPSA) is 68.3 Å². The molecule has 0 saturated carbocycles. The second-order valence-electron chi connectivity index (χ2n) is 7.57. The first-order valence-electron chi connectivity index (χ1n) is 10.2. The predicted octanol–water partition coefficient (Wildman–Crippen LogP) is 6.57. The molecule has 4 aromatic rings. The van der Waals surface area contributed by atoms with Crippen LogP contribution in [0.2, 0.25) is 5.02 Å². The van der Waals surface area contributed by atoms with Gasteiger partial charge in [0.2, 0.25) is 0 Å². The number of nitrogens with zero attached hydrogens (tertiary/aromatic N) is 1. The van der Waals surface area contributed by atoms with Crippen LogP contribution >= 0.6 is 34.2 Å². The van der Waals surface area contributed by atoms with Crippen LogP contribution in [0.15, 0.2) is 66.7 Å². The third-order valence-corrected chi connectivity index (χ3v) is 6.14. The largest absolute Gasteiger partial charge is 0.452 e. The number of rotatable bonds is 5. The van der Waals surface area contributed by atoms with Gasteiger partial charge >= 0.3 is 5.97 Å². The van der Waals surface area contributed by atoms with Gasteiger partial charge in [-0.1, -0.05) is 41.9 Å². The highest BCUT2D eigenvalue weighted by molar-refractivity contribution is 14.1. The average molecular weight is 571 g/mol. The van der Waals surface area contributed by atoms with Crippen molar-refractivity contribution in [3.8, 4) is 11.3 Å². The number of nitrogens with one attached hydrogen (secondary N) is 1. The lowest BCUT2D eigenvalue weighted by molar-refractivity contribution is -0.119. The molecule has 0 bridgehead atoms. The zero-order valence-corrected chi connectivity index (χ0v) is 20.9.